The Morgan fingerprint density at radius 1 is 0.745 bits per heavy atom. The quantitative estimate of drug-likeness (QED) is 0.104. The maximum atomic E-state index is 14.0. The first-order valence-corrected chi connectivity index (χ1v) is 17.2. The number of nitrogens with zero attached hydrogens (tertiary/aromatic N) is 1. The minimum absolute atomic E-state index is 0.0670. The van der Waals surface area contributed by atoms with Crippen molar-refractivity contribution in [2.24, 2.45) is 0 Å². The van der Waals surface area contributed by atoms with Crippen LogP contribution in [0.25, 0.3) is 10.8 Å². The lowest BCUT2D eigenvalue weighted by atomic mass is 9.95. The highest BCUT2D eigenvalue weighted by Gasteiger charge is 2.56. The fraction of sp³-hybridized carbons (Fsp3) is 0.146. The molecule has 0 aromatic heterocycles. The molecule has 5 aromatic carbocycles. The molecule has 0 bridgehead atoms. The van der Waals surface area contributed by atoms with Crippen LogP contribution in [0.15, 0.2) is 145 Å². The second-order valence-electron chi connectivity index (χ2n) is 12.2. The number of β-lactam (4-membered cyclic amide) rings is 1. The van der Waals surface area contributed by atoms with Gasteiger partial charge in [0, 0.05) is 5.57 Å². The van der Waals surface area contributed by atoms with Crippen LogP contribution in [0.4, 0.5) is 0 Å². The number of hydrogen-bond donors (Lipinski definition) is 1. The molecule has 1 N–H and O–H groups in total. The lowest BCUT2D eigenvalue weighted by Crippen LogP contribution is -2.71. The third kappa shape index (κ3) is 6.78. The molecule has 0 aliphatic carbocycles. The number of hydrogen-bond acceptors (Lipinski definition) is 8. The zero-order valence-corrected chi connectivity index (χ0v) is 28.2. The lowest BCUT2D eigenvalue weighted by molar-refractivity contribution is -0.156. The van der Waals surface area contributed by atoms with Crippen molar-refractivity contribution < 1.29 is 33.4 Å². The van der Waals surface area contributed by atoms with Gasteiger partial charge in [0.2, 0.25) is 11.0 Å². The zero-order valence-electron chi connectivity index (χ0n) is 27.4. The maximum absolute atomic E-state index is 14.0. The first-order valence-electron chi connectivity index (χ1n) is 16.4. The van der Waals surface area contributed by atoms with Gasteiger partial charge < -0.3 is 14.8 Å². The Bertz CT molecular complexity index is 2130. The third-order valence-electron chi connectivity index (χ3n) is 8.92. The first kappa shape index (κ1) is 33.5. The molecule has 9 nitrogen and oxygen atoms in total. The Labute approximate surface area is 298 Å². The van der Waals surface area contributed by atoms with Crippen molar-refractivity contribution in [1.29, 1.82) is 0 Å². The average Bonchev–Trinajstić information content (AvgIpc) is 3.17. The molecule has 5 aromatic rings. The molecule has 0 spiro atoms. The standard InChI is InChI=1S/C41H32N2O7S/c1-25-34(40(47)49-24-26-21-22-27-13-11-12-20-31(27)23-26)43-37(45)33(38(43)51-41(25)48)42-36(44)32(28-14-5-2-6-15-28)39(46)50-35(29-16-7-3-8-17-29)30-18-9-4-10-19-30/h2-23,32-33,35,38H,24H2,1H3,(H,42,44)/t32?,33?,38-/m0/s1. The Kier molecular flexibility index (Phi) is 9.50. The van der Waals surface area contributed by atoms with E-state index in [2.05, 4.69) is 5.32 Å². The summed E-state index contributed by atoms with van der Waals surface area (Å²) < 4.78 is 11.7. The number of thioether (sulfide) groups is 1. The molecule has 0 saturated carbocycles. The van der Waals surface area contributed by atoms with E-state index in [9.17, 15) is 24.0 Å². The van der Waals surface area contributed by atoms with Crippen molar-refractivity contribution in [2.45, 2.75) is 37.0 Å². The van der Waals surface area contributed by atoms with E-state index in [-0.39, 0.29) is 17.9 Å². The van der Waals surface area contributed by atoms with Crippen molar-refractivity contribution in [2.75, 3.05) is 0 Å². The topological polar surface area (TPSA) is 119 Å². The summed E-state index contributed by atoms with van der Waals surface area (Å²) in [4.78, 5) is 69.3. The highest BCUT2D eigenvalue weighted by atomic mass is 32.2. The summed E-state index contributed by atoms with van der Waals surface area (Å²) in [5.74, 6) is -4.45. The highest BCUT2D eigenvalue weighted by molar-refractivity contribution is 8.14. The number of ether oxygens (including phenoxy) is 2. The summed E-state index contributed by atoms with van der Waals surface area (Å²) >= 11 is 0.826. The number of rotatable bonds is 10. The van der Waals surface area contributed by atoms with Crippen molar-refractivity contribution in [3.8, 4) is 0 Å². The fourth-order valence-corrected chi connectivity index (χ4v) is 7.40. The number of carbonyl (C=O) groups excluding carboxylic acids is 5. The van der Waals surface area contributed by atoms with Gasteiger partial charge in [-0.05, 0) is 46.0 Å². The Morgan fingerprint density at radius 2 is 1.31 bits per heavy atom. The van der Waals surface area contributed by atoms with Crippen molar-refractivity contribution >= 4 is 51.4 Å². The molecule has 3 atom stereocenters. The van der Waals surface area contributed by atoms with Crippen LogP contribution in [-0.4, -0.2) is 45.2 Å². The van der Waals surface area contributed by atoms with Gasteiger partial charge in [0.1, 0.15) is 23.7 Å². The van der Waals surface area contributed by atoms with Crippen molar-refractivity contribution in [3.63, 3.8) is 0 Å². The average molecular weight is 697 g/mol. The zero-order chi connectivity index (χ0) is 35.5. The van der Waals surface area contributed by atoms with Crippen LogP contribution < -0.4 is 5.32 Å². The SMILES string of the molecule is CC1=C(C(=O)OCc2ccc3ccccc3c2)N2C(=O)C(NC(=O)C(C(=O)OC(c3ccccc3)c3ccccc3)c3ccccc3)[C@@H]2SC1=O. The minimum Gasteiger partial charge on any atom is -0.456 e. The summed E-state index contributed by atoms with van der Waals surface area (Å²) in [6, 6.07) is 39.1. The summed E-state index contributed by atoms with van der Waals surface area (Å²) in [7, 11) is 0. The highest BCUT2D eigenvalue weighted by Crippen LogP contribution is 2.42. The van der Waals surface area contributed by atoms with E-state index < -0.39 is 52.3 Å². The molecule has 1 fully saturated rings. The van der Waals surface area contributed by atoms with E-state index in [0.29, 0.717) is 16.7 Å². The molecule has 254 valence electrons. The molecule has 2 heterocycles. The molecule has 0 radical (unpaired) electrons. The Hall–Kier alpha value is -6.00. The van der Waals surface area contributed by atoms with E-state index in [1.165, 1.54) is 11.8 Å². The van der Waals surface area contributed by atoms with E-state index in [4.69, 9.17) is 9.47 Å². The van der Waals surface area contributed by atoms with Crippen LogP contribution in [0, 0.1) is 0 Å². The van der Waals surface area contributed by atoms with Gasteiger partial charge >= 0.3 is 11.9 Å². The summed E-state index contributed by atoms with van der Waals surface area (Å²) in [5, 5.41) is 3.38. The fourth-order valence-electron chi connectivity index (χ4n) is 6.27. The number of carbonyl (C=O) groups is 5. The molecule has 2 amide bonds. The largest absolute Gasteiger partial charge is 0.456 e. The molecule has 2 unspecified atom stereocenters. The van der Waals surface area contributed by atoms with Gasteiger partial charge in [-0.25, -0.2) is 4.79 Å². The number of benzene rings is 5. The van der Waals surface area contributed by atoms with Crippen molar-refractivity contribution in [3.05, 3.63) is 167 Å². The van der Waals surface area contributed by atoms with Gasteiger partial charge in [-0.3, -0.25) is 24.1 Å². The van der Waals surface area contributed by atoms with Gasteiger partial charge in [-0.1, -0.05) is 139 Å². The second-order valence-corrected chi connectivity index (χ2v) is 13.3. The van der Waals surface area contributed by atoms with Crippen LogP contribution in [0.1, 0.15) is 41.2 Å². The Balaban J connectivity index is 1.09. The molecule has 2 aliphatic rings. The number of amides is 2. The minimum atomic E-state index is -1.43. The van der Waals surface area contributed by atoms with Gasteiger partial charge in [-0.2, -0.15) is 0 Å². The number of nitrogens with one attached hydrogen (secondary N) is 1. The van der Waals surface area contributed by atoms with Crippen LogP contribution in [-0.2, 0) is 40.1 Å². The van der Waals surface area contributed by atoms with Gasteiger partial charge in [0.05, 0.1) is 0 Å². The van der Waals surface area contributed by atoms with Crippen LogP contribution in [0.5, 0.6) is 0 Å². The number of fused-ring (bicyclic) bond motifs is 2. The van der Waals surface area contributed by atoms with Gasteiger partial charge in [0.15, 0.2) is 12.0 Å². The predicted octanol–water partition coefficient (Wildman–Crippen LogP) is 6.20. The Morgan fingerprint density at radius 3 is 1.94 bits per heavy atom. The van der Waals surface area contributed by atoms with Gasteiger partial charge in [0.25, 0.3) is 5.91 Å². The second kappa shape index (κ2) is 14.5. The summed E-state index contributed by atoms with van der Waals surface area (Å²) in [6.07, 6.45) is -0.803. The van der Waals surface area contributed by atoms with Crippen LogP contribution in [0.3, 0.4) is 0 Å². The molecule has 1 saturated heterocycles. The van der Waals surface area contributed by atoms with E-state index in [1.54, 1.807) is 30.3 Å². The molecule has 2 aliphatic heterocycles. The van der Waals surface area contributed by atoms with Gasteiger partial charge in [-0.15, -0.1) is 0 Å². The van der Waals surface area contributed by atoms with E-state index >= 15 is 0 Å². The monoisotopic (exact) mass is 696 g/mol. The van der Waals surface area contributed by atoms with Crippen molar-refractivity contribution in [1.82, 2.24) is 10.2 Å². The number of esters is 2. The smallest absolute Gasteiger partial charge is 0.355 e. The molecular formula is C41H32N2O7S. The maximum Gasteiger partial charge on any atom is 0.355 e. The third-order valence-corrected chi connectivity index (χ3v) is 10.2. The lowest BCUT2D eigenvalue weighted by Gasteiger charge is -2.48. The van der Waals surface area contributed by atoms with E-state index in [1.807, 2.05) is 103 Å². The summed E-state index contributed by atoms with van der Waals surface area (Å²) in [5.41, 5.74) is 2.46. The molecule has 7 rings (SSSR count). The molecule has 51 heavy (non-hydrogen) atoms. The first-order chi connectivity index (χ1) is 24.8. The van der Waals surface area contributed by atoms with Crippen LogP contribution in [0.2, 0.25) is 0 Å². The molecule has 10 heteroatoms. The molecular weight excluding hydrogens is 665 g/mol. The van der Waals surface area contributed by atoms with Crippen LogP contribution >= 0.6 is 11.8 Å². The normalized spacial score (nSPS) is 17.4. The van der Waals surface area contributed by atoms with E-state index in [0.717, 1.165) is 28.1 Å². The summed E-state index contributed by atoms with van der Waals surface area (Å²) in [6.45, 7) is 1.40. The predicted molar refractivity (Wildman–Crippen MR) is 192 cm³/mol.